The van der Waals surface area contributed by atoms with Crippen LogP contribution in [0.2, 0.25) is 0 Å². The fourth-order valence-electron chi connectivity index (χ4n) is 1.50. The average Bonchev–Trinajstić information content (AvgIpc) is 2.92. The van der Waals surface area contributed by atoms with Crippen LogP contribution in [0.1, 0.15) is 19.3 Å². The van der Waals surface area contributed by atoms with Crippen LogP contribution < -0.4 is 51.2 Å². The predicted molar refractivity (Wildman–Crippen MR) is 177 cm³/mol. The number of carboxylic acid groups (broad SMARTS) is 3. The minimum Gasteiger partial charge on any atom is -0.481 e. The van der Waals surface area contributed by atoms with Crippen molar-refractivity contribution < 1.29 is 39.9 Å². The van der Waals surface area contributed by atoms with E-state index < -0.39 is 69.1 Å². The first-order valence-corrected chi connectivity index (χ1v) is 14.2. The predicted octanol–water partition coefficient (Wildman–Crippen LogP) is -6.60. The zero-order chi connectivity index (χ0) is 38.9. The topological polar surface area (TPSA) is 448 Å². The smallest absolute Gasteiger partial charge is 0.330 e. The number of rotatable bonds is 7. The number of aliphatic hydroxyl groups excluding tert-OH is 2. The summed E-state index contributed by atoms with van der Waals surface area (Å²) >= 11 is 11.0. The molecule has 0 aliphatic heterocycles. The van der Waals surface area contributed by atoms with Crippen molar-refractivity contribution >= 4 is 55.8 Å². The highest BCUT2D eigenvalue weighted by Gasteiger charge is 1.90. The Kier molecular flexibility index (Phi) is 33.5. The van der Waals surface area contributed by atoms with Crippen molar-refractivity contribution in [3.63, 3.8) is 0 Å². The Bertz CT molecular complexity index is 1430. The number of aromatic amines is 9. The van der Waals surface area contributed by atoms with Gasteiger partial charge in [0.2, 0.25) is 0 Å². The summed E-state index contributed by atoms with van der Waals surface area (Å²) in [5.74, 6) is -1.08. The SMILES string of the molecule is O=C(O)CCS.O=C(O)CCS.O=C(O)CCS.O=c1[nH]c(=O)[nH]c(=O)[nH]1.O=c1[nH]c(=O)[nH]c(=O)[nH]1.O=c1[nH]c(=O)[nH]c(=O)[nH]1.OCCO. The molecule has 0 bridgehead atoms. The quantitative estimate of drug-likeness (QED) is 0.0994. The molecule has 0 aliphatic rings. The number of carbonyl (C=O) groups is 3. The van der Waals surface area contributed by atoms with Gasteiger partial charge in [0, 0.05) is 17.3 Å². The summed E-state index contributed by atoms with van der Waals surface area (Å²) in [5, 5.41) is 38.8. The van der Waals surface area contributed by atoms with Crippen molar-refractivity contribution in [3.8, 4) is 0 Å². The van der Waals surface area contributed by atoms with Crippen LogP contribution >= 0.6 is 37.9 Å². The van der Waals surface area contributed by atoms with Gasteiger partial charge in [0.05, 0.1) is 32.5 Å². The Morgan fingerprint density at radius 2 is 0.490 bits per heavy atom. The molecule has 0 saturated carbocycles. The third-order valence-corrected chi connectivity index (χ3v) is 3.79. The number of H-pyrrole nitrogens is 9. The number of carboxylic acids is 3. The van der Waals surface area contributed by atoms with E-state index in [1.165, 1.54) is 0 Å². The molecular formula is C20H33N9O17S3. The van der Waals surface area contributed by atoms with Gasteiger partial charge >= 0.3 is 69.1 Å². The van der Waals surface area contributed by atoms with Gasteiger partial charge in [-0.05, 0) is 0 Å². The minimum absolute atomic E-state index is 0.125. The molecule has 0 spiro atoms. The Labute approximate surface area is 284 Å². The fraction of sp³-hybridized carbons (Fsp3) is 0.400. The summed E-state index contributed by atoms with van der Waals surface area (Å²) in [6, 6.07) is 0. The maximum Gasteiger partial charge on any atom is 0.330 e. The molecule has 14 N–H and O–H groups in total. The Morgan fingerprint density at radius 3 is 0.531 bits per heavy atom. The van der Waals surface area contributed by atoms with Crippen molar-refractivity contribution in [2.24, 2.45) is 0 Å². The van der Waals surface area contributed by atoms with Crippen molar-refractivity contribution in [1.82, 2.24) is 44.9 Å². The molecular weight excluding hydrogens is 734 g/mol. The lowest BCUT2D eigenvalue weighted by atomic mass is 10.5. The second kappa shape index (κ2) is 32.5. The highest BCUT2D eigenvalue weighted by atomic mass is 32.1. The van der Waals surface area contributed by atoms with Crippen LogP contribution in [0.15, 0.2) is 43.2 Å². The molecule has 278 valence electrons. The van der Waals surface area contributed by atoms with Crippen molar-refractivity contribution in [3.05, 3.63) is 94.4 Å². The zero-order valence-corrected chi connectivity index (χ0v) is 27.3. The molecule has 0 atom stereocenters. The lowest BCUT2D eigenvalue weighted by molar-refractivity contribution is -0.137. The van der Waals surface area contributed by atoms with Crippen LogP contribution in [0.3, 0.4) is 0 Å². The second-order valence-corrected chi connectivity index (χ2v) is 8.48. The Morgan fingerprint density at radius 1 is 0.367 bits per heavy atom. The van der Waals surface area contributed by atoms with E-state index in [4.69, 9.17) is 25.5 Å². The van der Waals surface area contributed by atoms with Crippen molar-refractivity contribution in [1.29, 1.82) is 0 Å². The first-order chi connectivity index (χ1) is 22.8. The van der Waals surface area contributed by atoms with Gasteiger partial charge in [-0.2, -0.15) is 37.9 Å². The normalized spacial score (nSPS) is 8.76. The third kappa shape index (κ3) is 42.6. The lowest BCUT2D eigenvalue weighted by Crippen LogP contribution is -2.34. The van der Waals surface area contributed by atoms with Gasteiger partial charge in [0.25, 0.3) is 0 Å². The maximum atomic E-state index is 10.2. The van der Waals surface area contributed by atoms with Gasteiger partial charge in [-0.25, -0.2) is 43.2 Å². The summed E-state index contributed by atoms with van der Waals surface area (Å²) < 4.78 is 0. The summed E-state index contributed by atoms with van der Waals surface area (Å²) in [5.41, 5.74) is -7.22. The molecule has 0 radical (unpaired) electrons. The number of hydrogen-bond acceptors (Lipinski definition) is 17. The highest BCUT2D eigenvalue weighted by molar-refractivity contribution is 7.80. The Hall–Kier alpha value is -5.39. The first-order valence-electron chi connectivity index (χ1n) is 12.3. The molecule has 0 aromatic carbocycles. The van der Waals surface area contributed by atoms with Crippen molar-refractivity contribution in [2.45, 2.75) is 19.3 Å². The zero-order valence-electron chi connectivity index (χ0n) is 24.6. The number of hydrogen-bond donors (Lipinski definition) is 17. The van der Waals surface area contributed by atoms with Crippen LogP contribution in [0.4, 0.5) is 0 Å². The number of nitrogens with one attached hydrogen (secondary N) is 9. The van der Waals surface area contributed by atoms with Crippen LogP contribution in [-0.4, -0.2) is 119 Å². The van der Waals surface area contributed by atoms with E-state index >= 15 is 0 Å². The Balaban J connectivity index is -0.000000245. The fourth-order valence-corrected chi connectivity index (χ4v) is 2.07. The first kappa shape index (κ1) is 50.5. The number of thiol groups is 3. The van der Waals surface area contributed by atoms with Gasteiger partial charge in [-0.1, -0.05) is 0 Å². The molecule has 3 aromatic heterocycles. The van der Waals surface area contributed by atoms with Crippen LogP contribution in [0.5, 0.6) is 0 Å². The van der Waals surface area contributed by atoms with E-state index in [0.717, 1.165) is 0 Å². The molecule has 0 aliphatic carbocycles. The van der Waals surface area contributed by atoms with Gasteiger partial charge < -0.3 is 25.5 Å². The molecule has 3 rings (SSSR count). The lowest BCUT2D eigenvalue weighted by Gasteiger charge is -1.79. The second-order valence-electron chi connectivity index (χ2n) is 7.14. The molecule has 0 amide bonds. The van der Waals surface area contributed by atoms with Gasteiger partial charge in [-0.15, -0.1) is 0 Å². The third-order valence-electron chi connectivity index (χ3n) is 3.12. The van der Waals surface area contributed by atoms with E-state index in [1.54, 1.807) is 44.9 Å². The molecule has 0 unspecified atom stereocenters. The van der Waals surface area contributed by atoms with E-state index in [0.29, 0.717) is 17.3 Å². The monoisotopic (exact) mass is 767 g/mol. The molecule has 3 aromatic rings. The molecule has 26 nitrogen and oxygen atoms in total. The summed E-state index contributed by atoms with van der Waals surface area (Å²) in [4.78, 5) is 136. The molecule has 0 saturated heterocycles. The van der Waals surface area contributed by atoms with Crippen LogP contribution in [0, 0.1) is 0 Å². The largest absolute Gasteiger partial charge is 0.481 e. The molecule has 0 fully saturated rings. The van der Waals surface area contributed by atoms with Crippen LogP contribution in [0.25, 0.3) is 0 Å². The maximum absolute atomic E-state index is 10.2. The summed E-state index contributed by atoms with van der Waals surface area (Å²) in [6.07, 6.45) is 0.468. The van der Waals surface area contributed by atoms with Gasteiger partial charge in [0.15, 0.2) is 0 Å². The van der Waals surface area contributed by atoms with E-state index in [-0.39, 0.29) is 32.5 Å². The highest BCUT2D eigenvalue weighted by Crippen LogP contribution is 1.80. The van der Waals surface area contributed by atoms with E-state index in [9.17, 15) is 57.5 Å². The minimum atomic E-state index is -0.802. The van der Waals surface area contributed by atoms with Gasteiger partial charge in [0.1, 0.15) is 0 Å². The van der Waals surface area contributed by atoms with Gasteiger partial charge in [-0.3, -0.25) is 59.2 Å². The number of aliphatic carboxylic acids is 3. The van der Waals surface area contributed by atoms with E-state index in [1.807, 2.05) is 0 Å². The molecule has 29 heteroatoms. The van der Waals surface area contributed by atoms with Crippen molar-refractivity contribution in [2.75, 3.05) is 30.5 Å². The molecule has 49 heavy (non-hydrogen) atoms. The number of aliphatic hydroxyl groups is 2. The standard InChI is InChI=1S/3C3H3N3O3.3C3H6O2S.C2H6O2/c3*7-1-4-2(8)6-3(9)5-1;3*4-3(5)1-2-6;3-1-2-4/h3*(H3,4,5,6,7,8,9);3*6H,1-2H2,(H,4,5);3-4H,1-2H2. The summed E-state index contributed by atoms with van der Waals surface area (Å²) in [7, 11) is 0. The molecule has 3 heterocycles. The average molecular weight is 768 g/mol. The van der Waals surface area contributed by atoms with E-state index in [2.05, 4.69) is 37.9 Å². The number of aromatic nitrogens is 9. The van der Waals surface area contributed by atoms with Crippen LogP contribution in [-0.2, 0) is 14.4 Å². The summed E-state index contributed by atoms with van der Waals surface area (Å²) in [6.45, 7) is -0.250.